The molecule has 1 aromatic rings. The van der Waals surface area contributed by atoms with Crippen molar-refractivity contribution in [1.82, 2.24) is 4.98 Å². The van der Waals surface area contributed by atoms with E-state index >= 15 is 0 Å². The van der Waals surface area contributed by atoms with E-state index in [1.807, 2.05) is 12.3 Å². The van der Waals surface area contributed by atoms with Crippen molar-refractivity contribution in [1.29, 1.82) is 0 Å². The number of rotatable bonds is 1. The van der Waals surface area contributed by atoms with Crippen LogP contribution in [0.4, 0.5) is 0 Å². The van der Waals surface area contributed by atoms with Crippen molar-refractivity contribution in [3.8, 4) is 0 Å². The number of hydrogen-bond donors (Lipinski definition) is 0. The Kier molecular flexibility index (Phi) is 2.79. The lowest BCUT2D eigenvalue weighted by Gasteiger charge is -2.13. The van der Waals surface area contributed by atoms with Crippen LogP contribution in [0.25, 0.3) is 0 Å². The van der Waals surface area contributed by atoms with Crippen molar-refractivity contribution < 1.29 is 0 Å². The molecule has 68 valence electrons. The Morgan fingerprint density at radius 1 is 1.50 bits per heavy atom. The van der Waals surface area contributed by atoms with Crippen LogP contribution in [-0.4, -0.2) is 4.98 Å². The summed E-state index contributed by atoms with van der Waals surface area (Å²) in [5, 5.41) is 3.22. The van der Waals surface area contributed by atoms with Crippen molar-refractivity contribution in [2.75, 3.05) is 0 Å². The van der Waals surface area contributed by atoms with Gasteiger partial charge in [-0.2, -0.15) is 0 Å². The molecule has 0 spiro atoms. The molecule has 0 N–H and O–H groups in total. The average molecular weight is 204 g/mol. The van der Waals surface area contributed by atoms with E-state index in [0.29, 0.717) is 0 Å². The molecule has 0 aliphatic heterocycles. The van der Waals surface area contributed by atoms with Crippen molar-refractivity contribution in [2.24, 2.45) is 0 Å². The molecule has 1 atom stereocenters. The Labute approximate surface area is 82.8 Å². The molecule has 0 fully saturated rings. The fourth-order valence-corrected chi connectivity index (χ4v) is 2.00. The predicted molar refractivity (Wildman–Crippen MR) is 55.1 cm³/mol. The highest BCUT2D eigenvalue weighted by molar-refractivity contribution is 7.09. The molecule has 0 radical (unpaired) electrons. The Hall–Kier alpha value is -0.0800. The van der Waals surface area contributed by atoms with Crippen molar-refractivity contribution in [3.05, 3.63) is 16.1 Å². The second-order valence-electron chi connectivity index (χ2n) is 3.94. The normalized spacial score (nSPS) is 14.8. The minimum absolute atomic E-state index is 0.0253. The van der Waals surface area contributed by atoms with Crippen LogP contribution in [0.15, 0.2) is 5.38 Å². The van der Waals surface area contributed by atoms with E-state index in [1.165, 1.54) is 0 Å². The summed E-state index contributed by atoms with van der Waals surface area (Å²) >= 11 is 7.60. The molecule has 0 aromatic carbocycles. The van der Waals surface area contributed by atoms with E-state index in [-0.39, 0.29) is 10.8 Å². The lowest BCUT2D eigenvalue weighted by molar-refractivity contribution is 0.583. The molecule has 1 nitrogen and oxygen atoms in total. The first-order valence-corrected chi connectivity index (χ1v) is 5.33. The lowest BCUT2D eigenvalue weighted by Crippen LogP contribution is -2.10. The fraction of sp³-hybridized carbons (Fsp3) is 0.667. The molecular weight excluding hydrogens is 190 g/mol. The molecular formula is C9H14ClNS. The van der Waals surface area contributed by atoms with E-state index in [2.05, 4.69) is 25.8 Å². The van der Waals surface area contributed by atoms with E-state index in [1.54, 1.807) is 11.3 Å². The minimum Gasteiger partial charge on any atom is -0.244 e. The zero-order chi connectivity index (χ0) is 9.35. The lowest BCUT2D eigenvalue weighted by atomic mass is 9.98. The summed E-state index contributed by atoms with van der Waals surface area (Å²) in [5.41, 5.74) is 1.14. The van der Waals surface area contributed by atoms with Gasteiger partial charge in [-0.1, -0.05) is 20.8 Å². The van der Waals surface area contributed by atoms with Gasteiger partial charge in [0.05, 0.1) is 16.1 Å². The van der Waals surface area contributed by atoms with Gasteiger partial charge >= 0.3 is 0 Å². The SMILES string of the molecule is CC(Cl)c1csc(C(C)(C)C)n1. The Morgan fingerprint density at radius 2 is 2.08 bits per heavy atom. The molecule has 0 saturated carbocycles. The maximum atomic E-state index is 5.91. The van der Waals surface area contributed by atoms with Gasteiger partial charge in [0.2, 0.25) is 0 Å². The van der Waals surface area contributed by atoms with Gasteiger partial charge in [0.15, 0.2) is 0 Å². The molecule has 3 heteroatoms. The van der Waals surface area contributed by atoms with E-state index in [0.717, 1.165) is 10.7 Å². The first-order valence-electron chi connectivity index (χ1n) is 4.01. The summed E-state index contributed by atoms with van der Waals surface area (Å²) in [6.45, 7) is 8.43. The molecule has 1 aromatic heterocycles. The van der Waals surface area contributed by atoms with E-state index in [4.69, 9.17) is 11.6 Å². The second kappa shape index (κ2) is 3.35. The standard InChI is InChI=1S/C9H14ClNS/c1-6(10)7-5-12-8(11-7)9(2,3)4/h5-6H,1-4H3. The van der Waals surface area contributed by atoms with Crippen LogP contribution in [0.1, 0.15) is 43.8 Å². The third-order valence-electron chi connectivity index (χ3n) is 1.57. The van der Waals surface area contributed by atoms with Gasteiger partial charge in [0, 0.05) is 10.8 Å². The third kappa shape index (κ3) is 2.20. The van der Waals surface area contributed by atoms with Gasteiger partial charge < -0.3 is 0 Å². The molecule has 1 unspecified atom stereocenters. The van der Waals surface area contributed by atoms with Crippen LogP contribution in [0, 0.1) is 0 Å². The summed E-state index contributed by atoms with van der Waals surface area (Å²) in [6.07, 6.45) is 0. The molecule has 0 aliphatic carbocycles. The predicted octanol–water partition coefficient (Wildman–Crippen LogP) is 3.74. The maximum Gasteiger partial charge on any atom is 0.0982 e. The molecule has 0 amide bonds. The zero-order valence-electron chi connectivity index (χ0n) is 7.89. The fourth-order valence-electron chi connectivity index (χ4n) is 0.813. The van der Waals surface area contributed by atoms with Gasteiger partial charge in [-0.25, -0.2) is 4.98 Å². The third-order valence-corrected chi connectivity index (χ3v) is 3.08. The highest BCUT2D eigenvalue weighted by atomic mass is 35.5. The molecule has 1 rings (SSSR count). The smallest absolute Gasteiger partial charge is 0.0982 e. The highest BCUT2D eigenvalue weighted by Gasteiger charge is 2.18. The number of alkyl halides is 1. The van der Waals surface area contributed by atoms with Gasteiger partial charge in [0.1, 0.15) is 0 Å². The minimum atomic E-state index is 0.0253. The van der Waals surface area contributed by atoms with Crippen LogP contribution >= 0.6 is 22.9 Å². The number of aromatic nitrogens is 1. The van der Waals surface area contributed by atoms with Crippen molar-refractivity contribution in [3.63, 3.8) is 0 Å². The van der Waals surface area contributed by atoms with E-state index in [9.17, 15) is 0 Å². The number of thiazole rings is 1. The highest BCUT2D eigenvalue weighted by Crippen LogP contribution is 2.29. The summed E-state index contributed by atoms with van der Waals surface area (Å²) in [7, 11) is 0. The van der Waals surface area contributed by atoms with Gasteiger partial charge in [-0.15, -0.1) is 22.9 Å². The van der Waals surface area contributed by atoms with Crippen molar-refractivity contribution in [2.45, 2.75) is 38.5 Å². The maximum absolute atomic E-state index is 5.91. The van der Waals surface area contributed by atoms with Crippen LogP contribution < -0.4 is 0 Å². The molecule has 0 aliphatic rings. The Morgan fingerprint density at radius 3 is 2.33 bits per heavy atom. The van der Waals surface area contributed by atoms with Gasteiger partial charge in [-0.3, -0.25) is 0 Å². The zero-order valence-corrected chi connectivity index (χ0v) is 9.46. The number of nitrogens with zero attached hydrogens (tertiary/aromatic N) is 1. The van der Waals surface area contributed by atoms with Crippen LogP contribution in [0.2, 0.25) is 0 Å². The Bertz CT molecular complexity index is 260. The molecule has 0 bridgehead atoms. The number of hydrogen-bond acceptors (Lipinski definition) is 2. The Balaban J connectivity index is 2.92. The quantitative estimate of drug-likeness (QED) is 0.634. The van der Waals surface area contributed by atoms with E-state index < -0.39 is 0 Å². The first-order chi connectivity index (χ1) is 5.41. The van der Waals surface area contributed by atoms with Gasteiger partial charge in [0.25, 0.3) is 0 Å². The van der Waals surface area contributed by atoms with Crippen molar-refractivity contribution >= 4 is 22.9 Å². The largest absolute Gasteiger partial charge is 0.244 e. The monoisotopic (exact) mass is 203 g/mol. The molecule has 0 saturated heterocycles. The summed E-state index contributed by atoms with van der Waals surface area (Å²) in [5.74, 6) is 0. The average Bonchev–Trinajstić information content (AvgIpc) is 2.30. The molecule has 1 heterocycles. The molecule has 12 heavy (non-hydrogen) atoms. The second-order valence-corrected chi connectivity index (χ2v) is 5.46. The van der Waals surface area contributed by atoms with Crippen LogP contribution in [-0.2, 0) is 5.41 Å². The first kappa shape index (κ1) is 10.0. The summed E-state index contributed by atoms with van der Waals surface area (Å²) < 4.78 is 0. The summed E-state index contributed by atoms with van der Waals surface area (Å²) in [4.78, 5) is 4.47. The van der Waals surface area contributed by atoms with Gasteiger partial charge in [-0.05, 0) is 6.92 Å². The topological polar surface area (TPSA) is 12.9 Å². The number of halogens is 1. The van der Waals surface area contributed by atoms with Crippen LogP contribution in [0.3, 0.4) is 0 Å². The summed E-state index contributed by atoms with van der Waals surface area (Å²) in [6, 6.07) is 0. The van der Waals surface area contributed by atoms with Crippen LogP contribution in [0.5, 0.6) is 0 Å².